The molecule has 2 rings (SSSR count). The van der Waals surface area contributed by atoms with Gasteiger partial charge in [-0.3, -0.25) is 20.2 Å². The van der Waals surface area contributed by atoms with Gasteiger partial charge in [0, 0.05) is 26.9 Å². The van der Waals surface area contributed by atoms with Crippen LogP contribution in [0.2, 0.25) is 0 Å². The number of esters is 1. The molecular formula is C25H38N4O13. The summed E-state index contributed by atoms with van der Waals surface area (Å²) in [6.45, 7) is 8.70. The molecule has 0 aliphatic carbocycles. The number of aliphatic carboxylic acids is 1. The van der Waals surface area contributed by atoms with Crippen molar-refractivity contribution >= 4 is 36.0 Å². The van der Waals surface area contributed by atoms with Crippen LogP contribution in [0.5, 0.6) is 0 Å². The number of guanidine groups is 1. The molecule has 0 spiro atoms. The second-order valence-electron chi connectivity index (χ2n) is 10.4. The molecule has 0 aromatic rings. The Kier molecular flexibility index (Phi) is 12.1. The lowest BCUT2D eigenvalue weighted by atomic mass is 9.88. The van der Waals surface area contributed by atoms with Crippen LogP contribution in [-0.2, 0) is 38.1 Å². The van der Waals surface area contributed by atoms with Gasteiger partial charge in [-0.1, -0.05) is 6.92 Å². The first-order valence-corrected chi connectivity index (χ1v) is 13.1. The first kappa shape index (κ1) is 34.2. The molecule has 0 radical (unpaired) electrons. The van der Waals surface area contributed by atoms with Crippen molar-refractivity contribution in [2.75, 3.05) is 6.61 Å². The Balaban J connectivity index is 2.51. The highest BCUT2D eigenvalue weighted by atomic mass is 16.7. The molecule has 2 heterocycles. The molecule has 3 amide bonds. The number of nitrogens with zero attached hydrogens (tertiary/aromatic N) is 1. The van der Waals surface area contributed by atoms with Crippen LogP contribution in [0.15, 0.2) is 16.8 Å². The molecule has 1 saturated heterocycles. The van der Waals surface area contributed by atoms with E-state index >= 15 is 0 Å². The molecule has 1 unspecified atom stereocenters. The molecule has 17 heteroatoms. The lowest BCUT2D eigenvalue weighted by molar-refractivity contribution is -0.185. The Hall–Kier alpha value is -3.96. The van der Waals surface area contributed by atoms with Crippen LogP contribution in [-0.4, -0.2) is 106 Å². The van der Waals surface area contributed by atoms with Gasteiger partial charge in [0.05, 0.1) is 18.2 Å². The van der Waals surface area contributed by atoms with Gasteiger partial charge < -0.3 is 44.3 Å². The Morgan fingerprint density at radius 3 is 2.31 bits per heavy atom. The van der Waals surface area contributed by atoms with Gasteiger partial charge in [-0.25, -0.2) is 19.4 Å². The van der Waals surface area contributed by atoms with Crippen molar-refractivity contribution in [3.05, 3.63) is 11.8 Å². The fraction of sp³-hybridized carbons (Fsp3) is 0.680. The van der Waals surface area contributed by atoms with Crippen molar-refractivity contribution in [3.8, 4) is 0 Å². The van der Waals surface area contributed by atoms with Gasteiger partial charge in [0.15, 0.2) is 6.10 Å². The second-order valence-corrected chi connectivity index (χ2v) is 10.4. The third-order valence-corrected chi connectivity index (χ3v) is 5.64. The lowest BCUT2D eigenvalue weighted by Gasteiger charge is -2.43. The van der Waals surface area contributed by atoms with E-state index in [0.29, 0.717) is 0 Å². The zero-order valence-electron chi connectivity index (χ0n) is 24.1. The van der Waals surface area contributed by atoms with Gasteiger partial charge in [0.2, 0.25) is 23.9 Å². The molecule has 17 nitrogen and oxygen atoms in total. The predicted octanol–water partition coefficient (Wildman–Crippen LogP) is -0.356. The number of rotatable bonds is 7. The number of carboxylic acid groups (broad SMARTS) is 1. The summed E-state index contributed by atoms with van der Waals surface area (Å²) in [5.74, 6) is -4.03. The summed E-state index contributed by atoms with van der Waals surface area (Å²) in [6.07, 6.45) is -7.94. The highest BCUT2D eigenvalue weighted by Gasteiger charge is 2.48. The normalized spacial score (nSPS) is 26.9. The maximum Gasteiger partial charge on any atom is 0.417 e. The molecule has 2 aliphatic heterocycles. The largest absolute Gasteiger partial charge is 0.478 e. The molecule has 2 aliphatic rings. The first-order chi connectivity index (χ1) is 19.5. The number of alkyl carbamates (subject to hydrolysis) is 2. The smallest absolute Gasteiger partial charge is 0.417 e. The van der Waals surface area contributed by atoms with Crippen molar-refractivity contribution in [1.29, 1.82) is 0 Å². The Morgan fingerprint density at radius 2 is 1.74 bits per heavy atom. The average Bonchev–Trinajstić information content (AvgIpc) is 2.84. The van der Waals surface area contributed by atoms with Gasteiger partial charge in [-0.15, -0.1) is 0 Å². The first-order valence-electron chi connectivity index (χ1n) is 13.1. The van der Waals surface area contributed by atoms with Crippen LogP contribution in [0.1, 0.15) is 54.4 Å². The molecule has 0 saturated carbocycles. The third-order valence-electron chi connectivity index (χ3n) is 5.64. The highest BCUT2D eigenvalue weighted by Crippen LogP contribution is 2.29. The van der Waals surface area contributed by atoms with Gasteiger partial charge >= 0.3 is 24.1 Å². The fourth-order valence-corrected chi connectivity index (χ4v) is 3.94. The molecule has 1 fully saturated rings. The summed E-state index contributed by atoms with van der Waals surface area (Å²) in [5, 5.41) is 37.4. The number of ether oxygens (including phenoxy) is 5. The number of aliphatic imine (C=N–C) groups is 1. The van der Waals surface area contributed by atoms with E-state index in [1.165, 1.54) is 13.8 Å². The summed E-state index contributed by atoms with van der Waals surface area (Å²) >= 11 is 0. The molecule has 42 heavy (non-hydrogen) atoms. The van der Waals surface area contributed by atoms with Crippen LogP contribution in [0.25, 0.3) is 0 Å². The van der Waals surface area contributed by atoms with E-state index in [1.807, 2.05) is 0 Å². The molecule has 0 bridgehead atoms. The standard InChI is InChI=1S/C25H38N4O13/c1-7-16(32)39-12(3)40-23(36)28-22(29-24(37)42-25(4,5)6)27-13-10-15(21(34)35)41-19(17(13)26-11(2)30)20-18(33)14(31)8-9-38-20/h10,12-14,17-20,31,33H,7-9H2,1-6H3,(H,26,30)(H,34,35)(H2,27,28,29,36,37)/t12?,13-,14+,17+,18+,19+,20+/m0/s1. The number of aliphatic hydroxyl groups is 2. The minimum atomic E-state index is -1.53. The molecule has 236 valence electrons. The minimum Gasteiger partial charge on any atom is -0.478 e. The number of nitrogens with one attached hydrogen (secondary N) is 3. The number of carbonyl (C=O) groups excluding carboxylic acids is 4. The van der Waals surface area contributed by atoms with Crippen LogP contribution >= 0.6 is 0 Å². The third kappa shape index (κ3) is 10.5. The van der Waals surface area contributed by atoms with E-state index in [2.05, 4.69) is 20.9 Å². The number of hydrogen-bond donors (Lipinski definition) is 6. The van der Waals surface area contributed by atoms with Crippen molar-refractivity contribution in [2.24, 2.45) is 4.99 Å². The Labute approximate surface area is 241 Å². The van der Waals surface area contributed by atoms with Gasteiger partial charge in [-0.05, 0) is 33.3 Å². The predicted molar refractivity (Wildman–Crippen MR) is 141 cm³/mol. The average molecular weight is 603 g/mol. The van der Waals surface area contributed by atoms with Crippen molar-refractivity contribution < 1.29 is 63.0 Å². The van der Waals surface area contributed by atoms with Crippen molar-refractivity contribution in [2.45, 2.75) is 103 Å². The SMILES string of the molecule is CCC(=O)OC(C)OC(=O)NC(=N[C@H]1C=C(C(=O)O)O[C@@H]([C@@H]2OCC[C@@H](O)[C@H]2O)[C@@H]1NC(C)=O)NC(=O)OC(C)(C)C. The summed E-state index contributed by atoms with van der Waals surface area (Å²) in [5.41, 5.74) is -0.966. The number of carboxylic acids is 1. The zero-order chi connectivity index (χ0) is 31.8. The maximum absolute atomic E-state index is 12.6. The minimum absolute atomic E-state index is 0.00473. The Bertz CT molecular complexity index is 1090. The van der Waals surface area contributed by atoms with Crippen LogP contribution < -0.4 is 16.0 Å². The second kappa shape index (κ2) is 14.8. The maximum atomic E-state index is 12.6. The van der Waals surface area contributed by atoms with E-state index in [0.717, 1.165) is 13.0 Å². The fourth-order valence-electron chi connectivity index (χ4n) is 3.94. The summed E-state index contributed by atoms with van der Waals surface area (Å²) in [7, 11) is 0. The van der Waals surface area contributed by atoms with Gasteiger partial charge in [-0.2, -0.15) is 0 Å². The van der Waals surface area contributed by atoms with Gasteiger partial charge in [0.25, 0.3) is 0 Å². The van der Waals surface area contributed by atoms with E-state index in [1.54, 1.807) is 20.8 Å². The summed E-state index contributed by atoms with van der Waals surface area (Å²) < 4.78 is 26.2. The van der Waals surface area contributed by atoms with Crippen molar-refractivity contribution in [1.82, 2.24) is 16.0 Å². The number of hydrogen-bond acceptors (Lipinski definition) is 13. The molecule has 6 N–H and O–H groups in total. The summed E-state index contributed by atoms with van der Waals surface area (Å²) in [6, 6.07) is -2.61. The van der Waals surface area contributed by atoms with E-state index in [4.69, 9.17) is 23.7 Å². The van der Waals surface area contributed by atoms with Gasteiger partial charge in [0.1, 0.15) is 17.8 Å². The lowest BCUT2D eigenvalue weighted by Crippen LogP contribution is -2.62. The molecular weight excluding hydrogens is 564 g/mol. The topological polar surface area (TPSA) is 241 Å². The van der Waals surface area contributed by atoms with Crippen molar-refractivity contribution in [3.63, 3.8) is 0 Å². The van der Waals surface area contributed by atoms with Crippen LogP contribution in [0, 0.1) is 0 Å². The van der Waals surface area contributed by atoms with Crippen LogP contribution in [0.4, 0.5) is 9.59 Å². The highest BCUT2D eigenvalue weighted by molar-refractivity contribution is 6.01. The zero-order valence-corrected chi connectivity index (χ0v) is 24.1. The Morgan fingerprint density at radius 1 is 1.10 bits per heavy atom. The number of aliphatic hydroxyl groups excluding tert-OH is 2. The quantitative estimate of drug-likeness (QED) is 0.0945. The summed E-state index contributed by atoms with van der Waals surface area (Å²) in [4.78, 5) is 65.0. The molecule has 0 aromatic carbocycles. The van der Waals surface area contributed by atoms with E-state index in [-0.39, 0.29) is 19.4 Å². The number of carbonyl (C=O) groups is 5. The van der Waals surface area contributed by atoms with E-state index < -0.39 is 90.1 Å². The molecule has 7 atom stereocenters. The monoisotopic (exact) mass is 602 g/mol. The van der Waals surface area contributed by atoms with E-state index in [9.17, 15) is 39.3 Å². The number of amides is 3. The molecule has 0 aromatic heterocycles. The van der Waals surface area contributed by atoms with Crippen LogP contribution in [0.3, 0.4) is 0 Å².